The molecule has 0 aromatic heterocycles. The predicted molar refractivity (Wildman–Crippen MR) is 48.2 cm³/mol. The van der Waals surface area contributed by atoms with Gasteiger partial charge >= 0.3 is 5.97 Å². The summed E-state index contributed by atoms with van der Waals surface area (Å²) in [5, 5.41) is 17.1. The van der Waals surface area contributed by atoms with Crippen LogP contribution in [0.3, 0.4) is 0 Å². The molecule has 13 heavy (non-hydrogen) atoms. The highest BCUT2D eigenvalue weighted by Crippen LogP contribution is 2.04. The number of rotatable bonds is 7. The molecule has 0 aromatic carbocycles. The van der Waals surface area contributed by atoms with E-state index in [0.717, 1.165) is 0 Å². The lowest BCUT2D eigenvalue weighted by Crippen LogP contribution is -2.02. The van der Waals surface area contributed by atoms with Crippen LogP contribution in [0.25, 0.3) is 0 Å². The molecule has 0 fully saturated rings. The van der Waals surface area contributed by atoms with Crippen molar-refractivity contribution in [2.75, 3.05) is 13.2 Å². The van der Waals surface area contributed by atoms with Gasteiger partial charge in [0.1, 0.15) is 6.61 Å². The summed E-state index contributed by atoms with van der Waals surface area (Å²) in [6.07, 6.45) is 3.46. The van der Waals surface area contributed by atoms with Crippen molar-refractivity contribution in [3.05, 3.63) is 24.5 Å². The Balaban J connectivity index is 3.98. The number of carbonyl (C=O) groups is 1. The summed E-state index contributed by atoms with van der Waals surface area (Å²) in [7, 11) is 0. The molecule has 0 amide bonds. The number of aliphatic carboxylic acids is 1. The van der Waals surface area contributed by atoms with Crippen LogP contribution in [-0.2, 0) is 9.53 Å². The predicted octanol–water partition coefficient (Wildman–Crippen LogP) is 0.930. The Morgan fingerprint density at radius 3 is 2.69 bits per heavy atom. The standard InChI is InChI=1S/C9H14O4/c1-2-6-13-7-8(9(11)12)4-3-5-10/h2,7,10H,1,3-6H2,(H,11,12). The number of carboxylic acids is 1. The Morgan fingerprint density at radius 1 is 1.54 bits per heavy atom. The smallest absolute Gasteiger partial charge is 0.334 e. The number of aliphatic hydroxyl groups is 1. The largest absolute Gasteiger partial charge is 0.497 e. The van der Waals surface area contributed by atoms with Crippen molar-refractivity contribution in [3.63, 3.8) is 0 Å². The van der Waals surface area contributed by atoms with E-state index in [2.05, 4.69) is 6.58 Å². The van der Waals surface area contributed by atoms with Crippen molar-refractivity contribution in [1.82, 2.24) is 0 Å². The fourth-order valence-electron chi connectivity index (χ4n) is 0.703. The fourth-order valence-corrected chi connectivity index (χ4v) is 0.703. The van der Waals surface area contributed by atoms with E-state index in [9.17, 15) is 4.79 Å². The highest BCUT2D eigenvalue weighted by molar-refractivity contribution is 5.86. The fraction of sp³-hybridized carbons (Fsp3) is 0.444. The molecule has 0 rings (SSSR count). The molecule has 0 aliphatic carbocycles. The Kier molecular flexibility index (Phi) is 6.63. The van der Waals surface area contributed by atoms with Crippen molar-refractivity contribution >= 4 is 5.97 Å². The lowest BCUT2D eigenvalue weighted by atomic mass is 10.2. The number of carboxylic acid groups (broad SMARTS) is 1. The molecule has 0 heterocycles. The number of hydrogen-bond acceptors (Lipinski definition) is 3. The van der Waals surface area contributed by atoms with Gasteiger partial charge in [-0.25, -0.2) is 4.79 Å². The summed E-state index contributed by atoms with van der Waals surface area (Å²) in [4.78, 5) is 10.5. The van der Waals surface area contributed by atoms with E-state index in [0.29, 0.717) is 12.8 Å². The van der Waals surface area contributed by atoms with Crippen LogP contribution in [0.15, 0.2) is 24.5 Å². The van der Waals surface area contributed by atoms with Gasteiger partial charge in [-0.2, -0.15) is 0 Å². The monoisotopic (exact) mass is 186 g/mol. The molecule has 0 aromatic rings. The molecule has 0 radical (unpaired) electrons. The molecule has 4 heteroatoms. The minimum atomic E-state index is -1.02. The maximum atomic E-state index is 10.5. The van der Waals surface area contributed by atoms with Crippen LogP contribution in [0.1, 0.15) is 12.8 Å². The van der Waals surface area contributed by atoms with Gasteiger partial charge in [0.15, 0.2) is 0 Å². The van der Waals surface area contributed by atoms with Crippen molar-refractivity contribution in [1.29, 1.82) is 0 Å². The third-order valence-electron chi connectivity index (χ3n) is 1.32. The van der Waals surface area contributed by atoms with Crippen molar-refractivity contribution in [2.24, 2.45) is 0 Å². The van der Waals surface area contributed by atoms with Crippen LogP contribution in [0.5, 0.6) is 0 Å². The van der Waals surface area contributed by atoms with Crippen molar-refractivity contribution in [2.45, 2.75) is 12.8 Å². The number of aliphatic hydroxyl groups excluding tert-OH is 1. The van der Waals surface area contributed by atoms with Crippen molar-refractivity contribution in [3.8, 4) is 0 Å². The summed E-state index contributed by atoms with van der Waals surface area (Å²) in [6, 6.07) is 0. The molecule has 0 unspecified atom stereocenters. The molecule has 4 nitrogen and oxygen atoms in total. The normalized spacial score (nSPS) is 11.0. The zero-order chi connectivity index (χ0) is 10.1. The lowest BCUT2D eigenvalue weighted by Gasteiger charge is -2.01. The summed E-state index contributed by atoms with van der Waals surface area (Å²) in [6.45, 7) is 3.69. The van der Waals surface area contributed by atoms with E-state index in [1.165, 1.54) is 12.3 Å². The van der Waals surface area contributed by atoms with E-state index in [1.807, 2.05) is 0 Å². The van der Waals surface area contributed by atoms with Gasteiger partial charge in [0.2, 0.25) is 0 Å². The second-order valence-electron chi connectivity index (χ2n) is 2.40. The van der Waals surface area contributed by atoms with Gasteiger partial charge in [0.05, 0.1) is 11.8 Å². The van der Waals surface area contributed by atoms with Crippen LogP contribution in [0.2, 0.25) is 0 Å². The molecule has 0 aliphatic rings. The molecule has 0 bridgehead atoms. The van der Waals surface area contributed by atoms with E-state index >= 15 is 0 Å². The Morgan fingerprint density at radius 2 is 2.23 bits per heavy atom. The molecular formula is C9H14O4. The molecule has 0 atom stereocenters. The quantitative estimate of drug-likeness (QED) is 0.268. The van der Waals surface area contributed by atoms with Crippen LogP contribution in [0, 0.1) is 0 Å². The molecule has 2 N–H and O–H groups in total. The Hall–Kier alpha value is -1.29. The van der Waals surface area contributed by atoms with Gasteiger partial charge in [-0.15, -0.1) is 0 Å². The minimum absolute atomic E-state index is 0.0217. The molecule has 0 saturated carbocycles. The first-order chi connectivity index (χ1) is 6.22. The zero-order valence-corrected chi connectivity index (χ0v) is 7.40. The highest BCUT2D eigenvalue weighted by atomic mass is 16.5. The second-order valence-corrected chi connectivity index (χ2v) is 2.40. The number of hydrogen-bond donors (Lipinski definition) is 2. The average molecular weight is 186 g/mol. The maximum Gasteiger partial charge on any atom is 0.334 e. The highest BCUT2D eigenvalue weighted by Gasteiger charge is 2.06. The first kappa shape index (κ1) is 11.7. The maximum absolute atomic E-state index is 10.5. The molecule has 0 aliphatic heterocycles. The van der Waals surface area contributed by atoms with Crippen LogP contribution in [0.4, 0.5) is 0 Å². The van der Waals surface area contributed by atoms with Crippen molar-refractivity contribution < 1.29 is 19.7 Å². The van der Waals surface area contributed by atoms with Crippen LogP contribution >= 0.6 is 0 Å². The minimum Gasteiger partial charge on any atom is -0.497 e. The molecular weight excluding hydrogens is 172 g/mol. The molecule has 0 spiro atoms. The first-order valence-electron chi connectivity index (χ1n) is 3.98. The molecule has 74 valence electrons. The van der Waals surface area contributed by atoms with E-state index in [1.54, 1.807) is 0 Å². The van der Waals surface area contributed by atoms with E-state index in [4.69, 9.17) is 14.9 Å². The summed E-state index contributed by atoms with van der Waals surface area (Å²) >= 11 is 0. The zero-order valence-electron chi connectivity index (χ0n) is 7.40. The lowest BCUT2D eigenvalue weighted by molar-refractivity contribution is -0.133. The van der Waals surface area contributed by atoms with Gasteiger partial charge in [-0.05, 0) is 12.8 Å². The Bertz CT molecular complexity index is 196. The Labute approximate surface area is 77.1 Å². The van der Waals surface area contributed by atoms with Crippen LogP contribution < -0.4 is 0 Å². The van der Waals surface area contributed by atoms with Gasteiger partial charge in [0.25, 0.3) is 0 Å². The average Bonchev–Trinajstić information content (AvgIpc) is 2.10. The number of ether oxygens (including phenoxy) is 1. The third-order valence-corrected chi connectivity index (χ3v) is 1.32. The van der Waals surface area contributed by atoms with Gasteiger partial charge < -0.3 is 14.9 Å². The van der Waals surface area contributed by atoms with Gasteiger partial charge in [-0.1, -0.05) is 12.7 Å². The van der Waals surface area contributed by atoms with Gasteiger partial charge in [-0.3, -0.25) is 0 Å². The third kappa shape index (κ3) is 5.93. The summed E-state index contributed by atoms with van der Waals surface area (Å²) in [5.74, 6) is -1.02. The second kappa shape index (κ2) is 7.36. The van der Waals surface area contributed by atoms with Crippen LogP contribution in [-0.4, -0.2) is 29.4 Å². The first-order valence-corrected chi connectivity index (χ1v) is 3.98. The van der Waals surface area contributed by atoms with Gasteiger partial charge in [0, 0.05) is 6.61 Å². The summed E-state index contributed by atoms with van der Waals surface area (Å²) in [5.41, 5.74) is 0.163. The SMILES string of the molecule is C=CCOC=C(CCCO)C(=O)O. The van der Waals surface area contributed by atoms with E-state index in [-0.39, 0.29) is 18.8 Å². The summed E-state index contributed by atoms with van der Waals surface area (Å²) < 4.78 is 4.86. The van der Waals surface area contributed by atoms with E-state index < -0.39 is 5.97 Å². The molecule has 0 saturated heterocycles. The topological polar surface area (TPSA) is 66.8 Å².